The maximum atomic E-state index is 12.7. The monoisotopic (exact) mass is 366 g/mol. The van der Waals surface area contributed by atoms with Gasteiger partial charge in [0.1, 0.15) is 6.04 Å². The molecule has 0 N–H and O–H groups in total. The number of piperidine rings is 1. The van der Waals surface area contributed by atoms with Crippen LogP contribution >= 0.6 is 0 Å². The molecule has 0 aromatic heterocycles. The fourth-order valence-electron chi connectivity index (χ4n) is 3.63. The summed E-state index contributed by atoms with van der Waals surface area (Å²) in [6.45, 7) is 2.30. The lowest BCUT2D eigenvalue weighted by Crippen LogP contribution is -2.50. The molecule has 2 aliphatic heterocycles. The maximum absolute atomic E-state index is 12.7. The van der Waals surface area contributed by atoms with Crippen LogP contribution < -0.4 is 0 Å². The van der Waals surface area contributed by atoms with E-state index in [1.54, 1.807) is 4.90 Å². The van der Waals surface area contributed by atoms with Crippen LogP contribution in [0.5, 0.6) is 0 Å². The summed E-state index contributed by atoms with van der Waals surface area (Å²) in [5.74, 6) is -0.0514. The van der Waals surface area contributed by atoms with E-state index in [1.165, 1.54) is 10.6 Å². The number of hydrogen-bond acceptors (Lipinski definition) is 4. The molecule has 1 atom stereocenters. The quantitative estimate of drug-likeness (QED) is 0.794. The third-order valence-corrected chi connectivity index (χ3v) is 6.29. The summed E-state index contributed by atoms with van der Waals surface area (Å²) in [5.41, 5.74) is 1.15. The van der Waals surface area contributed by atoms with Gasteiger partial charge in [-0.15, -0.1) is 0 Å². The molecule has 0 bridgehead atoms. The number of rotatable bonds is 5. The van der Waals surface area contributed by atoms with Gasteiger partial charge in [0.15, 0.2) is 0 Å². The molecule has 0 aliphatic carbocycles. The van der Waals surface area contributed by atoms with Gasteiger partial charge < -0.3 is 9.64 Å². The smallest absolute Gasteiger partial charge is 0.241 e. The second-order valence-electron chi connectivity index (χ2n) is 6.85. The molecule has 1 aromatic carbocycles. The number of hydrogen-bond donors (Lipinski definition) is 0. The number of sulfonamides is 1. The fraction of sp³-hybridized carbons (Fsp3) is 0.611. The molecule has 2 saturated heterocycles. The van der Waals surface area contributed by atoms with Gasteiger partial charge in [0.05, 0.1) is 19.0 Å². The molecule has 138 valence electrons. The lowest BCUT2D eigenvalue weighted by Gasteiger charge is -2.35. The zero-order valence-electron chi connectivity index (χ0n) is 14.6. The first-order chi connectivity index (χ1) is 11.9. The second kappa shape index (κ2) is 7.85. The van der Waals surface area contributed by atoms with Crippen molar-refractivity contribution >= 4 is 15.9 Å². The first-order valence-electron chi connectivity index (χ1n) is 8.86. The lowest BCUT2D eigenvalue weighted by molar-refractivity contribution is -0.137. The Kier molecular flexibility index (Phi) is 5.76. The minimum absolute atomic E-state index is 0.0514. The van der Waals surface area contributed by atoms with E-state index >= 15 is 0 Å². The molecule has 1 aromatic rings. The van der Waals surface area contributed by atoms with Gasteiger partial charge in [-0.3, -0.25) is 4.79 Å². The van der Waals surface area contributed by atoms with Gasteiger partial charge in [0.25, 0.3) is 0 Å². The van der Waals surface area contributed by atoms with E-state index in [0.717, 1.165) is 24.8 Å². The van der Waals surface area contributed by atoms with Gasteiger partial charge in [-0.05, 0) is 31.2 Å². The van der Waals surface area contributed by atoms with Crippen molar-refractivity contribution in [3.63, 3.8) is 0 Å². The molecule has 7 heteroatoms. The van der Waals surface area contributed by atoms with Crippen molar-refractivity contribution in [1.29, 1.82) is 0 Å². The third-order valence-electron chi connectivity index (χ3n) is 5.00. The van der Waals surface area contributed by atoms with E-state index in [9.17, 15) is 13.2 Å². The Morgan fingerprint density at radius 1 is 1.12 bits per heavy atom. The van der Waals surface area contributed by atoms with Gasteiger partial charge in [0, 0.05) is 19.6 Å². The van der Waals surface area contributed by atoms with Crippen molar-refractivity contribution in [2.45, 2.75) is 44.4 Å². The summed E-state index contributed by atoms with van der Waals surface area (Å²) in [6, 6.07) is 9.54. The third kappa shape index (κ3) is 4.59. The van der Waals surface area contributed by atoms with Crippen molar-refractivity contribution in [1.82, 2.24) is 9.21 Å². The normalized spacial score (nSPS) is 23.1. The summed E-state index contributed by atoms with van der Waals surface area (Å²) in [7, 11) is -3.32. The Balaban J connectivity index is 1.49. The number of nitrogens with zero attached hydrogens (tertiary/aromatic N) is 2. The van der Waals surface area contributed by atoms with Crippen molar-refractivity contribution < 1.29 is 17.9 Å². The van der Waals surface area contributed by atoms with Crippen molar-refractivity contribution in [2.75, 3.05) is 25.9 Å². The van der Waals surface area contributed by atoms with Crippen LogP contribution in [0.2, 0.25) is 0 Å². The molecule has 6 nitrogen and oxygen atoms in total. The van der Waals surface area contributed by atoms with E-state index in [2.05, 4.69) is 0 Å². The molecule has 2 heterocycles. The van der Waals surface area contributed by atoms with Crippen LogP contribution in [-0.2, 0) is 26.2 Å². The highest BCUT2D eigenvalue weighted by Crippen LogP contribution is 2.24. The first kappa shape index (κ1) is 18.4. The van der Waals surface area contributed by atoms with E-state index < -0.39 is 16.1 Å². The van der Waals surface area contributed by atoms with E-state index in [0.29, 0.717) is 32.7 Å². The minimum Gasteiger partial charge on any atom is -0.373 e. The van der Waals surface area contributed by atoms with Gasteiger partial charge >= 0.3 is 0 Å². The molecular weight excluding hydrogens is 340 g/mol. The zero-order valence-corrected chi connectivity index (χ0v) is 15.5. The fourth-order valence-corrected chi connectivity index (χ4v) is 4.74. The molecule has 0 unspecified atom stereocenters. The summed E-state index contributed by atoms with van der Waals surface area (Å²) in [5, 5.41) is 0. The summed E-state index contributed by atoms with van der Waals surface area (Å²) in [4.78, 5) is 14.5. The number of carbonyl (C=O) groups excluding carboxylic acids is 1. The predicted molar refractivity (Wildman–Crippen MR) is 95.4 cm³/mol. The Labute approximate surface area is 149 Å². The highest BCUT2D eigenvalue weighted by Gasteiger charge is 2.39. The predicted octanol–water partition coefficient (Wildman–Crippen LogP) is 1.62. The topological polar surface area (TPSA) is 66.9 Å². The molecule has 3 rings (SSSR count). The van der Waals surface area contributed by atoms with Crippen molar-refractivity contribution in [3.05, 3.63) is 35.9 Å². The van der Waals surface area contributed by atoms with Gasteiger partial charge in [0.2, 0.25) is 15.9 Å². The van der Waals surface area contributed by atoms with Crippen LogP contribution in [0.1, 0.15) is 31.2 Å². The van der Waals surface area contributed by atoms with Crippen LogP contribution in [0.4, 0.5) is 0 Å². The van der Waals surface area contributed by atoms with Gasteiger partial charge in [-0.25, -0.2) is 8.42 Å². The molecule has 0 spiro atoms. The number of ether oxygens (including phenoxy) is 1. The molecule has 1 amide bonds. The number of likely N-dealkylation sites (tertiary alicyclic amines) is 1. The van der Waals surface area contributed by atoms with Crippen LogP contribution in [-0.4, -0.2) is 61.6 Å². The zero-order chi connectivity index (χ0) is 17.9. The Bertz CT molecular complexity index is 684. The first-order valence-corrected chi connectivity index (χ1v) is 10.7. The lowest BCUT2D eigenvalue weighted by atomic mass is 10.1. The maximum Gasteiger partial charge on any atom is 0.241 e. The number of benzene rings is 1. The average molecular weight is 366 g/mol. The second-order valence-corrected chi connectivity index (χ2v) is 8.79. The van der Waals surface area contributed by atoms with E-state index in [4.69, 9.17) is 4.74 Å². The minimum atomic E-state index is -3.32. The van der Waals surface area contributed by atoms with Crippen LogP contribution in [0.25, 0.3) is 0 Å². The molecular formula is C18H26N2O4S. The van der Waals surface area contributed by atoms with Crippen LogP contribution in [0.3, 0.4) is 0 Å². The van der Waals surface area contributed by atoms with Gasteiger partial charge in [-0.1, -0.05) is 30.3 Å². The molecule has 2 fully saturated rings. The number of amides is 1. The van der Waals surface area contributed by atoms with Crippen LogP contribution in [0.15, 0.2) is 30.3 Å². The molecule has 2 aliphatic rings. The van der Waals surface area contributed by atoms with E-state index in [-0.39, 0.29) is 12.0 Å². The highest BCUT2D eigenvalue weighted by molar-refractivity contribution is 7.88. The average Bonchev–Trinajstić information content (AvgIpc) is 3.11. The molecule has 25 heavy (non-hydrogen) atoms. The highest BCUT2D eigenvalue weighted by atomic mass is 32.2. The Morgan fingerprint density at radius 2 is 1.80 bits per heavy atom. The van der Waals surface area contributed by atoms with E-state index in [1.807, 2.05) is 30.3 Å². The molecule has 0 saturated carbocycles. The summed E-state index contributed by atoms with van der Waals surface area (Å²) >= 11 is 0. The summed E-state index contributed by atoms with van der Waals surface area (Å²) in [6.07, 6.45) is 4.30. The SMILES string of the molecule is CS(=O)(=O)N1CCC[C@H]1C(=O)N1CCC(OCc2ccccc2)CC1. The Morgan fingerprint density at radius 3 is 2.44 bits per heavy atom. The summed E-state index contributed by atoms with van der Waals surface area (Å²) < 4.78 is 31.0. The Hall–Kier alpha value is -1.44. The number of carbonyl (C=O) groups is 1. The standard InChI is InChI=1S/C18H26N2O4S/c1-25(22,23)20-11-5-8-17(20)18(21)19-12-9-16(10-13-19)24-14-15-6-3-2-4-7-15/h2-4,6-7,16-17H,5,8-14H2,1H3/t17-/m0/s1. The van der Waals surface area contributed by atoms with Crippen molar-refractivity contribution in [2.24, 2.45) is 0 Å². The molecule has 0 radical (unpaired) electrons. The largest absolute Gasteiger partial charge is 0.373 e. The van der Waals surface area contributed by atoms with Crippen LogP contribution in [0, 0.1) is 0 Å². The van der Waals surface area contributed by atoms with Gasteiger partial charge in [-0.2, -0.15) is 4.31 Å². The van der Waals surface area contributed by atoms with Crippen molar-refractivity contribution in [3.8, 4) is 0 Å².